The summed E-state index contributed by atoms with van der Waals surface area (Å²) in [7, 11) is 0. The second-order valence-corrected chi connectivity index (χ2v) is 9.16. The van der Waals surface area contributed by atoms with Crippen LogP contribution < -0.4 is 10.1 Å². The third-order valence-electron chi connectivity index (χ3n) is 5.87. The van der Waals surface area contributed by atoms with Gasteiger partial charge in [-0.25, -0.2) is 0 Å². The van der Waals surface area contributed by atoms with Crippen molar-refractivity contribution in [3.8, 4) is 5.75 Å². The molecule has 1 aliphatic rings. The van der Waals surface area contributed by atoms with Gasteiger partial charge in [-0.15, -0.1) is 0 Å². The summed E-state index contributed by atoms with van der Waals surface area (Å²) in [6.45, 7) is 2.66. The van der Waals surface area contributed by atoms with E-state index in [1.54, 1.807) is 0 Å². The van der Waals surface area contributed by atoms with Crippen molar-refractivity contribution in [3.63, 3.8) is 0 Å². The summed E-state index contributed by atoms with van der Waals surface area (Å²) < 4.78 is 6.29. The third-order valence-corrected chi connectivity index (χ3v) is 6.12. The molecule has 5 heteroatoms. The Bertz CT molecular complexity index is 1080. The van der Waals surface area contributed by atoms with Gasteiger partial charge in [0.1, 0.15) is 11.4 Å². The number of ether oxygens (including phenoxy) is 1. The molecular formula is C27H28ClNO3. The first-order chi connectivity index (χ1) is 15.4. The molecule has 3 aromatic rings. The summed E-state index contributed by atoms with van der Waals surface area (Å²) in [5.74, 6) is 0.960. The van der Waals surface area contributed by atoms with Crippen LogP contribution in [0.15, 0.2) is 66.7 Å². The van der Waals surface area contributed by atoms with Gasteiger partial charge < -0.3 is 15.2 Å². The van der Waals surface area contributed by atoms with Crippen LogP contribution in [0, 0.1) is 0 Å². The summed E-state index contributed by atoms with van der Waals surface area (Å²) in [6.07, 6.45) is 2.79. The Balaban J connectivity index is 1.29. The molecule has 166 valence electrons. The molecule has 1 aliphatic heterocycles. The number of halogens is 1. The minimum atomic E-state index is -0.280. The van der Waals surface area contributed by atoms with E-state index in [9.17, 15) is 4.79 Å². The summed E-state index contributed by atoms with van der Waals surface area (Å²) in [6, 6.07) is 21.8. The molecule has 0 radical (unpaired) electrons. The summed E-state index contributed by atoms with van der Waals surface area (Å²) in [4.78, 5) is 12.3. The van der Waals surface area contributed by atoms with Crippen LogP contribution in [0.5, 0.6) is 5.75 Å². The molecule has 32 heavy (non-hydrogen) atoms. The van der Waals surface area contributed by atoms with Gasteiger partial charge in [0.25, 0.3) is 0 Å². The number of aliphatic hydroxyl groups excluding tert-OH is 1. The van der Waals surface area contributed by atoms with E-state index in [-0.39, 0.29) is 18.1 Å². The van der Waals surface area contributed by atoms with Crippen LogP contribution in [0.4, 0.5) is 0 Å². The van der Waals surface area contributed by atoms with Crippen LogP contribution in [0.3, 0.4) is 0 Å². The van der Waals surface area contributed by atoms with E-state index in [1.165, 1.54) is 11.1 Å². The standard InChI is InChI=1S/C27H28ClNO3/c1-27(15-20-6-10-24(28)11-7-20)16-23-14-19(8-12-25(23)32-27)9-13-26(31)29-17-21-2-4-22(18-30)5-3-21/h2-8,10-12,14,30H,9,13,15-18H2,1H3,(H,29,31)/t27-/m1/s1. The monoisotopic (exact) mass is 449 g/mol. The number of aliphatic hydroxyl groups is 1. The highest BCUT2D eigenvalue weighted by molar-refractivity contribution is 6.30. The van der Waals surface area contributed by atoms with Crippen molar-refractivity contribution in [2.24, 2.45) is 0 Å². The minimum absolute atomic E-state index is 0.0265. The van der Waals surface area contributed by atoms with Crippen LogP contribution in [0.2, 0.25) is 5.02 Å². The van der Waals surface area contributed by atoms with Gasteiger partial charge in [-0.05, 0) is 59.4 Å². The fourth-order valence-corrected chi connectivity index (χ4v) is 4.30. The zero-order valence-electron chi connectivity index (χ0n) is 18.2. The van der Waals surface area contributed by atoms with Crippen molar-refractivity contribution in [3.05, 3.63) is 99.6 Å². The Morgan fingerprint density at radius 1 is 1.00 bits per heavy atom. The lowest BCUT2D eigenvalue weighted by Crippen LogP contribution is -2.32. The van der Waals surface area contributed by atoms with Gasteiger partial charge in [-0.2, -0.15) is 0 Å². The molecule has 0 saturated carbocycles. The van der Waals surface area contributed by atoms with Crippen LogP contribution in [0.1, 0.15) is 41.2 Å². The largest absolute Gasteiger partial charge is 0.487 e. The summed E-state index contributed by atoms with van der Waals surface area (Å²) in [5, 5.41) is 12.8. The lowest BCUT2D eigenvalue weighted by Gasteiger charge is -2.24. The van der Waals surface area contributed by atoms with Crippen molar-refractivity contribution < 1.29 is 14.6 Å². The first-order valence-corrected chi connectivity index (χ1v) is 11.3. The lowest BCUT2D eigenvalue weighted by molar-refractivity contribution is -0.121. The summed E-state index contributed by atoms with van der Waals surface area (Å²) in [5.41, 5.74) is 5.15. The van der Waals surface area contributed by atoms with Crippen LogP contribution in [-0.2, 0) is 37.2 Å². The molecule has 0 aliphatic carbocycles. The predicted octanol–water partition coefficient (Wildman–Crippen LogP) is 5.02. The number of hydrogen-bond donors (Lipinski definition) is 2. The minimum Gasteiger partial charge on any atom is -0.487 e. The number of amides is 1. The van der Waals surface area contributed by atoms with E-state index in [1.807, 2.05) is 60.7 Å². The van der Waals surface area contributed by atoms with Crippen molar-refractivity contribution in [1.29, 1.82) is 0 Å². The molecule has 3 aromatic carbocycles. The molecule has 0 unspecified atom stereocenters. The highest BCUT2D eigenvalue weighted by atomic mass is 35.5. The molecule has 0 saturated heterocycles. The fraction of sp³-hybridized carbons (Fsp3) is 0.296. The topological polar surface area (TPSA) is 58.6 Å². The third kappa shape index (κ3) is 5.70. The first kappa shape index (κ1) is 22.4. The zero-order chi connectivity index (χ0) is 22.6. The average Bonchev–Trinajstić information content (AvgIpc) is 3.13. The second kappa shape index (κ2) is 9.76. The normalized spacial score (nSPS) is 17.0. The van der Waals surface area contributed by atoms with Crippen LogP contribution in [-0.4, -0.2) is 16.6 Å². The van der Waals surface area contributed by atoms with E-state index >= 15 is 0 Å². The van der Waals surface area contributed by atoms with Crippen LogP contribution >= 0.6 is 11.6 Å². The maximum absolute atomic E-state index is 12.3. The number of benzene rings is 3. The Labute approximate surface area is 194 Å². The van der Waals surface area contributed by atoms with Gasteiger partial charge in [-0.1, -0.05) is 60.1 Å². The van der Waals surface area contributed by atoms with E-state index in [2.05, 4.69) is 18.3 Å². The van der Waals surface area contributed by atoms with Gasteiger partial charge >= 0.3 is 0 Å². The highest BCUT2D eigenvalue weighted by Gasteiger charge is 2.35. The Hall–Kier alpha value is -2.82. The SMILES string of the molecule is C[C@@]1(Cc2ccc(Cl)cc2)Cc2cc(CCC(=O)NCc3ccc(CO)cc3)ccc2O1. The average molecular weight is 450 g/mol. The molecule has 4 rings (SSSR count). The molecule has 1 amide bonds. The molecular weight excluding hydrogens is 422 g/mol. The van der Waals surface area contributed by atoms with Crippen molar-refractivity contribution in [2.75, 3.05) is 0 Å². The van der Waals surface area contributed by atoms with Gasteiger partial charge in [0.05, 0.1) is 6.61 Å². The number of carbonyl (C=O) groups is 1. The van der Waals surface area contributed by atoms with Crippen molar-refractivity contribution in [2.45, 2.75) is 51.4 Å². The molecule has 1 atom stereocenters. The van der Waals surface area contributed by atoms with Gasteiger partial charge in [-0.3, -0.25) is 4.79 Å². The second-order valence-electron chi connectivity index (χ2n) is 8.73. The molecule has 1 heterocycles. The fourth-order valence-electron chi connectivity index (χ4n) is 4.17. The van der Waals surface area contributed by atoms with E-state index in [4.69, 9.17) is 21.4 Å². The van der Waals surface area contributed by atoms with Gasteiger partial charge in [0, 0.05) is 30.8 Å². The first-order valence-electron chi connectivity index (χ1n) is 10.9. The number of aryl methyl sites for hydroxylation is 1. The van der Waals surface area contributed by atoms with Gasteiger partial charge in [0.2, 0.25) is 5.91 Å². The zero-order valence-corrected chi connectivity index (χ0v) is 19.0. The van der Waals surface area contributed by atoms with E-state index in [0.29, 0.717) is 19.4 Å². The molecule has 2 N–H and O–H groups in total. The number of carbonyl (C=O) groups excluding carboxylic acids is 1. The lowest BCUT2D eigenvalue weighted by atomic mass is 9.91. The van der Waals surface area contributed by atoms with E-state index < -0.39 is 0 Å². The number of nitrogens with one attached hydrogen (secondary N) is 1. The molecule has 0 spiro atoms. The van der Waals surface area contributed by atoms with Crippen LogP contribution in [0.25, 0.3) is 0 Å². The molecule has 0 bridgehead atoms. The van der Waals surface area contributed by atoms with Gasteiger partial charge in [0.15, 0.2) is 0 Å². The maximum Gasteiger partial charge on any atom is 0.220 e. The predicted molar refractivity (Wildman–Crippen MR) is 127 cm³/mol. The Morgan fingerprint density at radius 2 is 1.66 bits per heavy atom. The van der Waals surface area contributed by atoms with Crippen molar-refractivity contribution in [1.82, 2.24) is 5.32 Å². The summed E-state index contributed by atoms with van der Waals surface area (Å²) >= 11 is 6.00. The van der Waals surface area contributed by atoms with E-state index in [0.717, 1.165) is 40.3 Å². The quantitative estimate of drug-likeness (QED) is 0.507. The highest BCUT2D eigenvalue weighted by Crippen LogP contribution is 2.37. The maximum atomic E-state index is 12.3. The number of fused-ring (bicyclic) bond motifs is 1. The molecule has 0 fully saturated rings. The smallest absolute Gasteiger partial charge is 0.220 e. The Kier molecular flexibility index (Phi) is 6.83. The number of rotatable bonds is 8. The molecule has 0 aromatic heterocycles. The van der Waals surface area contributed by atoms with Crippen molar-refractivity contribution >= 4 is 17.5 Å². The number of hydrogen-bond acceptors (Lipinski definition) is 3. The molecule has 4 nitrogen and oxygen atoms in total. The Morgan fingerprint density at radius 3 is 2.38 bits per heavy atom.